The van der Waals surface area contributed by atoms with E-state index in [9.17, 15) is 4.39 Å². The summed E-state index contributed by atoms with van der Waals surface area (Å²) in [5.74, 6) is 1.07. The predicted octanol–water partition coefficient (Wildman–Crippen LogP) is 5.15. The highest BCUT2D eigenvalue weighted by Crippen LogP contribution is 2.30. The molecule has 0 bridgehead atoms. The topological polar surface area (TPSA) is 51.5 Å². The van der Waals surface area contributed by atoms with E-state index in [0.717, 1.165) is 28.4 Å². The second-order valence-corrected chi connectivity index (χ2v) is 6.48. The van der Waals surface area contributed by atoms with Crippen LogP contribution < -0.4 is 10.1 Å². The van der Waals surface area contributed by atoms with Crippen molar-refractivity contribution in [1.82, 2.24) is 14.6 Å². The summed E-state index contributed by atoms with van der Waals surface area (Å²) in [7, 11) is 0. The molecule has 0 saturated heterocycles. The molecule has 0 spiro atoms. The molecular weight excluding hydrogens is 367 g/mol. The van der Waals surface area contributed by atoms with Crippen LogP contribution >= 0.6 is 11.6 Å². The van der Waals surface area contributed by atoms with E-state index < -0.39 is 0 Å². The van der Waals surface area contributed by atoms with Crippen LogP contribution in [0.4, 0.5) is 15.9 Å². The van der Waals surface area contributed by atoms with Gasteiger partial charge in [-0.25, -0.2) is 9.37 Å². The van der Waals surface area contributed by atoms with Crippen LogP contribution in [0.2, 0.25) is 5.02 Å². The highest BCUT2D eigenvalue weighted by molar-refractivity contribution is 6.32. The maximum atomic E-state index is 13.0. The van der Waals surface area contributed by atoms with Crippen molar-refractivity contribution >= 4 is 28.8 Å². The Morgan fingerprint density at radius 3 is 2.70 bits per heavy atom. The highest BCUT2D eigenvalue weighted by atomic mass is 35.5. The number of aryl methyl sites for hydroxylation is 1. The molecule has 0 saturated carbocycles. The summed E-state index contributed by atoms with van der Waals surface area (Å²) in [6.45, 7) is 2.23. The van der Waals surface area contributed by atoms with Gasteiger partial charge in [0, 0.05) is 18.0 Å². The predicted molar refractivity (Wildman–Crippen MR) is 103 cm³/mol. The Hall–Kier alpha value is -3.12. The van der Waals surface area contributed by atoms with E-state index in [1.54, 1.807) is 35.0 Å². The van der Waals surface area contributed by atoms with E-state index in [2.05, 4.69) is 15.4 Å². The fourth-order valence-electron chi connectivity index (χ4n) is 2.69. The number of hydrogen-bond acceptors (Lipinski definition) is 4. The molecular formula is C20H16ClFN4O. The first-order valence-electron chi connectivity index (χ1n) is 8.34. The van der Waals surface area contributed by atoms with E-state index in [4.69, 9.17) is 16.3 Å². The van der Waals surface area contributed by atoms with Crippen molar-refractivity contribution in [2.24, 2.45) is 0 Å². The average molecular weight is 383 g/mol. The van der Waals surface area contributed by atoms with Gasteiger partial charge in [0.2, 0.25) is 0 Å². The second kappa shape index (κ2) is 7.25. The quantitative estimate of drug-likeness (QED) is 0.518. The third-order valence-corrected chi connectivity index (χ3v) is 4.29. The fourth-order valence-corrected chi connectivity index (χ4v) is 2.92. The number of ether oxygens (including phenoxy) is 1. The summed E-state index contributed by atoms with van der Waals surface area (Å²) >= 11 is 6.35. The van der Waals surface area contributed by atoms with Gasteiger partial charge < -0.3 is 10.1 Å². The normalized spacial score (nSPS) is 10.9. The lowest BCUT2D eigenvalue weighted by molar-refractivity contribution is 0.306. The van der Waals surface area contributed by atoms with Crippen molar-refractivity contribution in [3.8, 4) is 5.75 Å². The molecule has 0 radical (unpaired) electrons. The number of benzene rings is 2. The number of halogens is 2. The van der Waals surface area contributed by atoms with Gasteiger partial charge in [-0.3, -0.25) is 0 Å². The van der Waals surface area contributed by atoms with E-state index in [1.165, 1.54) is 12.1 Å². The van der Waals surface area contributed by atoms with Crippen LogP contribution in [0.15, 0.2) is 60.8 Å². The number of anilines is 2. The number of aromatic nitrogens is 3. The molecule has 27 heavy (non-hydrogen) atoms. The largest absolute Gasteiger partial charge is 0.487 e. The van der Waals surface area contributed by atoms with Gasteiger partial charge in [0.1, 0.15) is 24.0 Å². The van der Waals surface area contributed by atoms with Crippen molar-refractivity contribution < 1.29 is 9.13 Å². The first-order chi connectivity index (χ1) is 13.1. The van der Waals surface area contributed by atoms with Crippen molar-refractivity contribution in [2.45, 2.75) is 13.5 Å². The fraction of sp³-hybridized carbons (Fsp3) is 0.100. The lowest BCUT2D eigenvalue weighted by atomic mass is 10.2. The smallest absolute Gasteiger partial charge is 0.157 e. The summed E-state index contributed by atoms with van der Waals surface area (Å²) in [5.41, 5.74) is 3.32. The standard InChI is InChI=1S/C20H16ClFN4O/c1-13-10-20-23-9-8-19(26(20)25-13)24-16-6-7-18(17(21)11-16)27-12-14-2-4-15(22)5-3-14/h2-11,24H,12H2,1H3. The molecule has 5 nitrogen and oxygen atoms in total. The zero-order chi connectivity index (χ0) is 18.8. The Labute approximate surface area is 160 Å². The SMILES string of the molecule is Cc1cc2nccc(Nc3ccc(OCc4ccc(F)cc4)c(Cl)c3)n2n1. The summed E-state index contributed by atoms with van der Waals surface area (Å²) in [6.07, 6.45) is 1.72. The van der Waals surface area contributed by atoms with Gasteiger partial charge in [-0.2, -0.15) is 9.61 Å². The third-order valence-electron chi connectivity index (χ3n) is 3.99. The second-order valence-electron chi connectivity index (χ2n) is 6.07. The molecule has 0 atom stereocenters. The van der Waals surface area contributed by atoms with Crippen LogP contribution in [0.3, 0.4) is 0 Å². The Bertz CT molecular complexity index is 1100. The van der Waals surface area contributed by atoms with Gasteiger partial charge in [-0.05, 0) is 48.9 Å². The maximum Gasteiger partial charge on any atom is 0.157 e. The maximum absolute atomic E-state index is 13.0. The molecule has 2 aromatic heterocycles. The molecule has 0 amide bonds. The minimum Gasteiger partial charge on any atom is -0.487 e. The Kier molecular flexibility index (Phi) is 4.64. The average Bonchev–Trinajstić information content (AvgIpc) is 3.04. The van der Waals surface area contributed by atoms with Gasteiger partial charge in [-0.1, -0.05) is 23.7 Å². The molecule has 7 heteroatoms. The van der Waals surface area contributed by atoms with E-state index >= 15 is 0 Å². The van der Waals surface area contributed by atoms with Crippen LogP contribution in [-0.4, -0.2) is 14.6 Å². The molecule has 0 aliphatic heterocycles. The minimum absolute atomic E-state index is 0.273. The molecule has 2 heterocycles. The number of fused-ring (bicyclic) bond motifs is 1. The minimum atomic E-state index is -0.273. The molecule has 0 aliphatic rings. The van der Waals surface area contributed by atoms with E-state index in [-0.39, 0.29) is 5.82 Å². The third kappa shape index (κ3) is 3.85. The monoisotopic (exact) mass is 382 g/mol. The first kappa shape index (κ1) is 17.3. The van der Waals surface area contributed by atoms with Crippen molar-refractivity contribution in [1.29, 1.82) is 0 Å². The van der Waals surface area contributed by atoms with Crippen LogP contribution in [0.5, 0.6) is 5.75 Å². The summed E-state index contributed by atoms with van der Waals surface area (Å²) in [5, 5.41) is 8.19. The lowest BCUT2D eigenvalue weighted by Crippen LogP contribution is -2.01. The molecule has 4 aromatic rings. The first-order valence-corrected chi connectivity index (χ1v) is 8.71. The molecule has 0 unspecified atom stereocenters. The summed E-state index contributed by atoms with van der Waals surface area (Å²) in [4.78, 5) is 4.29. The number of hydrogen-bond donors (Lipinski definition) is 1. The molecule has 4 rings (SSSR count). The van der Waals surface area contributed by atoms with Gasteiger partial charge in [0.25, 0.3) is 0 Å². The molecule has 0 aliphatic carbocycles. The summed E-state index contributed by atoms with van der Waals surface area (Å²) in [6, 6.07) is 15.4. The van der Waals surface area contributed by atoms with Crippen molar-refractivity contribution in [3.63, 3.8) is 0 Å². The molecule has 0 fully saturated rings. The zero-order valence-electron chi connectivity index (χ0n) is 14.5. The van der Waals surface area contributed by atoms with Crippen LogP contribution in [-0.2, 0) is 6.61 Å². The Morgan fingerprint density at radius 1 is 1.11 bits per heavy atom. The van der Waals surface area contributed by atoms with Crippen molar-refractivity contribution in [3.05, 3.63) is 82.9 Å². The number of nitrogens with zero attached hydrogens (tertiary/aromatic N) is 3. The zero-order valence-corrected chi connectivity index (χ0v) is 15.2. The van der Waals surface area contributed by atoms with E-state index in [0.29, 0.717) is 17.4 Å². The van der Waals surface area contributed by atoms with Crippen molar-refractivity contribution in [2.75, 3.05) is 5.32 Å². The summed E-state index contributed by atoms with van der Waals surface area (Å²) < 4.78 is 20.4. The van der Waals surface area contributed by atoms with E-state index in [1.807, 2.05) is 25.1 Å². The van der Waals surface area contributed by atoms with Crippen LogP contribution in [0.25, 0.3) is 5.65 Å². The number of nitrogens with one attached hydrogen (secondary N) is 1. The van der Waals surface area contributed by atoms with Gasteiger partial charge in [0.15, 0.2) is 5.65 Å². The van der Waals surface area contributed by atoms with Crippen LogP contribution in [0, 0.1) is 12.7 Å². The Morgan fingerprint density at radius 2 is 1.93 bits per heavy atom. The number of rotatable bonds is 5. The van der Waals surface area contributed by atoms with Gasteiger partial charge in [0.05, 0.1) is 10.7 Å². The molecule has 1 N–H and O–H groups in total. The van der Waals surface area contributed by atoms with Crippen LogP contribution in [0.1, 0.15) is 11.3 Å². The molecule has 136 valence electrons. The van der Waals surface area contributed by atoms with Gasteiger partial charge >= 0.3 is 0 Å². The Balaban J connectivity index is 1.50. The highest BCUT2D eigenvalue weighted by Gasteiger charge is 2.08. The molecule has 2 aromatic carbocycles. The van der Waals surface area contributed by atoms with Gasteiger partial charge in [-0.15, -0.1) is 0 Å². The lowest BCUT2D eigenvalue weighted by Gasteiger charge is -2.12.